The number of rotatable bonds is 11. The maximum atomic E-state index is 5.37. The van der Waals surface area contributed by atoms with Gasteiger partial charge in [0.05, 0.1) is 5.70 Å². The monoisotopic (exact) mass is 302 g/mol. The molecule has 0 spiro atoms. The summed E-state index contributed by atoms with van der Waals surface area (Å²) in [7, 11) is 4.18. The summed E-state index contributed by atoms with van der Waals surface area (Å²) in [6.07, 6.45) is 9.59. The Balaban J connectivity index is 4.40. The number of hydrogen-bond acceptors (Lipinski definition) is 2. The van der Waals surface area contributed by atoms with Crippen LogP contribution in [0, 0.1) is 24.2 Å². The van der Waals surface area contributed by atoms with E-state index in [1.807, 2.05) is 11.9 Å². The first-order valence-corrected chi connectivity index (χ1v) is 8.09. The topological polar surface area (TPSA) is 6.48 Å². The highest BCUT2D eigenvalue weighted by molar-refractivity contribution is 5.19. The van der Waals surface area contributed by atoms with Gasteiger partial charge in [0.1, 0.15) is 0 Å². The third-order valence-electron chi connectivity index (χ3n) is 4.26. The lowest BCUT2D eigenvalue weighted by atomic mass is 9.95. The summed E-state index contributed by atoms with van der Waals surface area (Å²) >= 11 is 0. The molecule has 0 amide bonds. The number of hydrogen-bond donors (Lipinski definition) is 0. The van der Waals surface area contributed by atoms with Crippen LogP contribution in [0.5, 0.6) is 0 Å². The van der Waals surface area contributed by atoms with Crippen LogP contribution in [0.2, 0.25) is 0 Å². The quantitative estimate of drug-likeness (QED) is 0.417. The summed E-state index contributed by atoms with van der Waals surface area (Å²) in [5.41, 5.74) is 1.97. The van der Waals surface area contributed by atoms with Crippen molar-refractivity contribution in [3.63, 3.8) is 0 Å². The van der Waals surface area contributed by atoms with Crippen molar-refractivity contribution in [1.82, 2.24) is 9.80 Å². The van der Waals surface area contributed by atoms with E-state index in [1.165, 1.54) is 5.57 Å². The Morgan fingerprint density at radius 1 is 1.18 bits per heavy atom. The zero-order valence-corrected chi connectivity index (χ0v) is 15.2. The SMILES string of the molecule is C#CC(=C)N(C)CCC(C=C)CCN(C)C(C(=C)C)C(C)C. The van der Waals surface area contributed by atoms with Gasteiger partial charge in [0.25, 0.3) is 0 Å². The Kier molecular flexibility index (Phi) is 9.61. The predicted octanol–water partition coefficient (Wildman–Crippen LogP) is 4.18. The van der Waals surface area contributed by atoms with Crippen molar-refractivity contribution in [3.05, 3.63) is 37.1 Å². The van der Waals surface area contributed by atoms with Gasteiger partial charge < -0.3 is 4.90 Å². The molecule has 2 nitrogen and oxygen atoms in total. The first-order valence-electron chi connectivity index (χ1n) is 8.09. The molecular weight excluding hydrogens is 268 g/mol. The zero-order chi connectivity index (χ0) is 17.3. The average molecular weight is 303 g/mol. The highest BCUT2D eigenvalue weighted by atomic mass is 15.1. The molecular formula is C20H34N2. The lowest BCUT2D eigenvalue weighted by Gasteiger charge is -2.32. The summed E-state index contributed by atoms with van der Waals surface area (Å²) < 4.78 is 0. The molecule has 22 heavy (non-hydrogen) atoms. The van der Waals surface area contributed by atoms with Gasteiger partial charge >= 0.3 is 0 Å². The third-order valence-corrected chi connectivity index (χ3v) is 4.26. The van der Waals surface area contributed by atoms with Gasteiger partial charge in [0.15, 0.2) is 0 Å². The molecule has 0 aromatic rings. The molecule has 0 heterocycles. The molecule has 0 aliphatic rings. The molecule has 0 fully saturated rings. The Bertz CT molecular complexity index is 414. The van der Waals surface area contributed by atoms with Gasteiger partial charge in [-0.3, -0.25) is 4.90 Å². The third kappa shape index (κ3) is 7.00. The van der Waals surface area contributed by atoms with Crippen molar-refractivity contribution >= 4 is 0 Å². The maximum absolute atomic E-state index is 5.37. The van der Waals surface area contributed by atoms with Crippen molar-refractivity contribution in [1.29, 1.82) is 0 Å². The lowest BCUT2D eigenvalue weighted by Crippen LogP contribution is -2.37. The highest BCUT2D eigenvalue weighted by Crippen LogP contribution is 2.19. The molecule has 2 unspecified atom stereocenters. The fraction of sp³-hybridized carbons (Fsp3) is 0.600. The van der Waals surface area contributed by atoms with Gasteiger partial charge in [-0.05, 0) is 45.2 Å². The van der Waals surface area contributed by atoms with E-state index < -0.39 is 0 Å². The van der Waals surface area contributed by atoms with Crippen LogP contribution in [0.15, 0.2) is 37.1 Å². The summed E-state index contributed by atoms with van der Waals surface area (Å²) in [6, 6.07) is 0.439. The molecule has 124 valence electrons. The minimum atomic E-state index is 0.439. The number of likely N-dealkylation sites (N-methyl/N-ethyl adjacent to an activating group) is 1. The van der Waals surface area contributed by atoms with Gasteiger partial charge in [0.2, 0.25) is 0 Å². The smallest absolute Gasteiger partial charge is 0.0801 e. The first kappa shape index (κ1) is 20.5. The number of allylic oxidation sites excluding steroid dienone is 2. The van der Waals surface area contributed by atoms with Crippen LogP contribution in [0.1, 0.15) is 33.6 Å². The van der Waals surface area contributed by atoms with E-state index in [-0.39, 0.29) is 0 Å². The van der Waals surface area contributed by atoms with Crippen LogP contribution in [0.3, 0.4) is 0 Å². The number of terminal acetylenes is 1. The van der Waals surface area contributed by atoms with Crippen molar-refractivity contribution in [2.24, 2.45) is 11.8 Å². The molecule has 0 rings (SSSR count). The molecule has 0 aliphatic heterocycles. The van der Waals surface area contributed by atoms with Crippen LogP contribution in [-0.2, 0) is 0 Å². The van der Waals surface area contributed by atoms with E-state index in [9.17, 15) is 0 Å². The lowest BCUT2D eigenvalue weighted by molar-refractivity contribution is 0.210. The van der Waals surface area contributed by atoms with Crippen LogP contribution in [0.25, 0.3) is 0 Å². The molecule has 2 atom stereocenters. The second-order valence-corrected chi connectivity index (χ2v) is 6.60. The summed E-state index contributed by atoms with van der Waals surface area (Å²) in [6.45, 7) is 20.6. The molecule has 0 saturated heterocycles. The Hall–Kier alpha value is -1.46. The van der Waals surface area contributed by atoms with Gasteiger partial charge in [-0.15, -0.1) is 13.0 Å². The van der Waals surface area contributed by atoms with Gasteiger partial charge in [0, 0.05) is 19.6 Å². The van der Waals surface area contributed by atoms with E-state index in [4.69, 9.17) is 6.42 Å². The molecule has 0 saturated carbocycles. The van der Waals surface area contributed by atoms with Crippen molar-refractivity contribution in [2.45, 2.75) is 39.7 Å². The first-order chi connectivity index (χ1) is 10.2. The van der Waals surface area contributed by atoms with E-state index >= 15 is 0 Å². The van der Waals surface area contributed by atoms with Gasteiger partial charge in [-0.1, -0.05) is 44.6 Å². The van der Waals surface area contributed by atoms with Crippen LogP contribution in [0.4, 0.5) is 0 Å². The summed E-state index contributed by atoms with van der Waals surface area (Å²) in [5, 5.41) is 0. The second-order valence-electron chi connectivity index (χ2n) is 6.60. The van der Waals surface area contributed by atoms with Crippen molar-refractivity contribution < 1.29 is 0 Å². The van der Waals surface area contributed by atoms with Gasteiger partial charge in [-0.2, -0.15) is 0 Å². The molecule has 0 aliphatic carbocycles. The molecule has 0 radical (unpaired) electrons. The molecule has 2 heteroatoms. The summed E-state index contributed by atoms with van der Waals surface area (Å²) in [5.74, 6) is 3.66. The van der Waals surface area contributed by atoms with Crippen LogP contribution < -0.4 is 0 Å². The summed E-state index contributed by atoms with van der Waals surface area (Å²) in [4.78, 5) is 4.44. The van der Waals surface area contributed by atoms with E-state index in [1.54, 1.807) is 0 Å². The maximum Gasteiger partial charge on any atom is 0.0801 e. The normalized spacial score (nSPS) is 13.5. The Morgan fingerprint density at radius 2 is 1.73 bits per heavy atom. The van der Waals surface area contributed by atoms with Crippen molar-refractivity contribution in [2.75, 3.05) is 27.2 Å². The van der Waals surface area contributed by atoms with Crippen molar-refractivity contribution in [3.8, 4) is 12.3 Å². The molecule has 0 aromatic carbocycles. The van der Waals surface area contributed by atoms with Gasteiger partial charge in [-0.25, -0.2) is 0 Å². The predicted molar refractivity (Wildman–Crippen MR) is 99.6 cm³/mol. The van der Waals surface area contributed by atoms with E-state index in [0.29, 0.717) is 17.9 Å². The standard InChI is InChI=1S/C20H34N2/c1-10-18(7)21(8)14-12-19(11-2)13-15-22(9)20(16(3)4)17(5)6/h1,11,17,19-20H,2-3,7,12-15H2,4-6,8-9H3. The largest absolute Gasteiger partial charge is 0.368 e. The van der Waals surface area contributed by atoms with Crippen LogP contribution >= 0.6 is 0 Å². The van der Waals surface area contributed by atoms with E-state index in [2.05, 4.69) is 64.5 Å². The number of nitrogens with zero attached hydrogens (tertiary/aromatic N) is 2. The fourth-order valence-electron chi connectivity index (χ4n) is 2.95. The fourth-order valence-corrected chi connectivity index (χ4v) is 2.95. The minimum absolute atomic E-state index is 0.439. The van der Waals surface area contributed by atoms with E-state index in [0.717, 1.165) is 31.6 Å². The molecule has 0 aromatic heterocycles. The Morgan fingerprint density at radius 3 is 2.14 bits per heavy atom. The highest BCUT2D eigenvalue weighted by Gasteiger charge is 2.19. The molecule has 0 N–H and O–H groups in total. The molecule has 0 bridgehead atoms. The minimum Gasteiger partial charge on any atom is -0.368 e. The Labute approximate surface area is 138 Å². The van der Waals surface area contributed by atoms with Crippen LogP contribution in [-0.4, -0.2) is 43.0 Å². The zero-order valence-electron chi connectivity index (χ0n) is 15.2. The average Bonchev–Trinajstić information content (AvgIpc) is 2.45. The second kappa shape index (κ2) is 10.3.